The van der Waals surface area contributed by atoms with Gasteiger partial charge in [0.2, 0.25) is 0 Å². The zero-order valence-corrected chi connectivity index (χ0v) is 11.1. The van der Waals surface area contributed by atoms with Crippen molar-refractivity contribution in [2.24, 2.45) is 0 Å². The van der Waals surface area contributed by atoms with Crippen molar-refractivity contribution in [2.45, 2.75) is 25.1 Å². The molecule has 3 nitrogen and oxygen atoms in total. The lowest BCUT2D eigenvalue weighted by molar-refractivity contribution is -0.885. The number of piperidine rings is 1. The van der Waals surface area contributed by atoms with Crippen molar-refractivity contribution >= 4 is 17.4 Å². The zero-order chi connectivity index (χ0) is 13.9. The highest BCUT2D eigenvalue weighted by molar-refractivity contribution is 6.43. The Morgan fingerprint density at radius 1 is 1.39 bits per heavy atom. The van der Waals surface area contributed by atoms with Crippen LogP contribution in [0.4, 0.5) is 13.2 Å². The van der Waals surface area contributed by atoms with Crippen LogP contribution in [-0.2, 0) is 4.79 Å². The van der Waals surface area contributed by atoms with E-state index < -0.39 is 17.0 Å². The summed E-state index contributed by atoms with van der Waals surface area (Å²) in [5.41, 5.74) is 0. The number of allylic oxidation sites excluding steroid dienone is 1. The largest absolute Gasteiger partial charge is 0.455 e. The van der Waals surface area contributed by atoms with Crippen molar-refractivity contribution in [3.8, 4) is 0 Å². The van der Waals surface area contributed by atoms with Crippen LogP contribution in [0.1, 0.15) is 12.8 Å². The molecule has 1 rings (SSSR count). The average Bonchev–Trinajstić information content (AvgIpc) is 2.27. The first kappa shape index (κ1) is 15.3. The van der Waals surface area contributed by atoms with Gasteiger partial charge >= 0.3 is 6.18 Å². The third-order valence-electron chi connectivity index (χ3n) is 3.18. The van der Waals surface area contributed by atoms with E-state index >= 15 is 0 Å². The lowest BCUT2D eigenvalue weighted by atomic mass is 10.0. The summed E-state index contributed by atoms with van der Waals surface area (Å²) in [6.07, 6.45) is -2.07. The number of quaternary nitrogens is 1. The van der Waals surface area contributed by atoms with Gasteiger partial charge in [-0.2, -0.15) is 13.2 Å². The van der Waals surface area contributed by atoms with E-state index in [0.717, 1.165) is 32.1 Å². The van der Waals surface area contributed by atoms with Crippen molar-refractivity contribution in [3.63, 3.8) is 0 Å². The minimum Gasteiger partial charge on any atom is -0.376 e. The van der Waals surface area contributed by atoms with Gasteiger partial charge < -0.3 is 9.80 Å². The average molecular weight is 286 g/mol. The monoisotopic (exact) mass is 285 g/mol. The fraction of sp³-hybridized carbons (Fsp3) is 0.727. The molecule has 1 N–H and O–H groups in total. The molecule has 1 fully saturated rings. The number of rotatable bonds is 3. The quantitative estimate of drug-likeness (QED) is 0.776. The number of alkyl halides is 3. The van der Waals surface area contributed by atoms with E-state index in [1.807, 2.05) is 0 Å². The van der Waals surface area contributed by atoms with Gasteiger partial charge in [0, 0.05) is 32.1 Å². The molecule has 0 unspecified atom stereocenters. The minimum atomic E-state index is -4.91. The standard InChI is InChI=1S/C11H16ClF3N2O/c1-16-5-3-8(4-6-16)17(2)7-9(12)10(18)11(13,14)15/h7-8H,3-6H2,1-2H3/p+1/b9-7-. The van der Waals surface area contributed by atoms with Gasteiger partial charge in [0.1, 0.15) is 5.03 Å². The first-order valence-corrected chi connectivity index (χ1v) is 6.11. The van der Waals surface area contributed by atoms with Crippen LogP contribution in [0.5, 0.6) is 0 Å². The van der Waals surface area contributed by atoms with Gasteiger partial charge in [-0.25, -0.2) is 0 Å². The number of likely N-dealkylation sites (tertiary alicyclic amines) is 1. The topological polar surface area (TPSA) is 24.8 Å². The second-order valence-corrected chi connectivity index (χ2v) is 5.06. The molecule has 0 aromatic rings. The third kappa shape index (κ3) is 4.17. The zero-order valence-electron chi connectivity index (χ0n) is 10.4. The molecular weight excluding hydrogens is 269 g/mol. The number of halogens is 4. The van der Waals surface area contributed by atoms with Crippen LogP contribution in [0.25, 0.3) is 0 Å². The summed E-state index contributed by atoms with van der Waals surface area (Å²) in [5, 5.41) is -0.781. The molecule has 0 radical (unpaired) electrons. The Bertz CT molecular complexity index is 336. The molecule has 7 heteroatoms. The van der Waals surface area contributed by atoms with Crippen LogP contribution in [0.15, 0.2) is 11.2 Å². The number of ketones is 1. The summed E-state index contributed by atoms with van der Waals surface area (Å²) in [5.74, 6) is -1.99. The van der Waals surface area contributed by atoms with E-state index in [9.17, 15) is 18.0 Å². The Hall–Kier alpha value is -0.750. The highest BCUT2D eigenvalue weighted by Gasteiger charge is 2.40. The maximum atomic E-state index is 12.1. The highest BCUT2D eigenvalue weighted by atomic mass is 35.5. The molecule has 0 spiro atoms. The summed E-state index contributed by atoms with van der Waals surface area (Å²) in [6, 6.07) is 0.142. The van der Waals surface area contributed by atoms with Gasteiger partial charge in [-0.15, -0.1) is 0 Å². The van der Waals surface area contributed by atoms with Crippen molar-refractivity contribution < 1.29 is 22.9 Å². The van der Waals surface area contributed by atoms with E-state index in [4.69, 9.17) is 11.6 Å². The first-order valence-electron chi connectivity index (χ1n) is 5.74. The van der Waals surface area contributed by atoms with Crippen LogP contribution >= 0.6 is 11.6 Å². The molecule has 0 saturated carbocycles. The Kier molecular flexibility index (Phi) is 5.04. The number of hydrogen-bond donors (Lipinski definition) is 1. The summed E-state index contributed by atoms with van der Waals surface area (Å²) >= 11 is 5.40. The van der Waals surface area contributed by atoms with Crippen molar-refractivity contribution in [1.29, 1.82) is 0 Å². The normalized spacial score (nSPS) is 26.0. The molecule has 1 aliphatic heterocycles. The van der Waals surface area contributed by atoms with E-state index in [2.05, 4.69) is 7.05 Å². The highest BCUT2D eigenvalue weighted by Crippen LogP contribution is 2.23. The number of carbonyl (C=O) groups is 1. The molecule has 0 amide bonds. The molecule has 0 aromatic heterocycles. The van der Waals surface area contributed by atoms with Gasteiger partial charge in [-0.1, -0.05) is 11.6 Å². The SMILES string of the molecule is CN(/C=C(\Cl)C(=O)C(F)(F)F)C1CC[NH+](C)CC1. The van der Waals surface area contributed by atoms with Gasteiger partial charge in [-0.05, 0) is 0 Å². The number of nitrogens with one attached hydrogen (secondary N) is 1. The molecule has 104 valence electrons. The van der Waals surface area contributed by atoms with Crippen LogP contribution in [0.2, 0.25) is 0 Å². The number of hydrogen-bond acceptors (Lipinski definition) is 2. The molecule has 0 bridgehead atoms. The van der Waals surface area contributed by atoms with Crippen molar-refractivity contribution in [3.05, 3.63) is 11.2 Å². The predicted octanol–water partition coefficient (Wildman–Crippen LogP) is 0.807. The van der Waals surface area contributed by atoms with Crippen LogP contribution in [0, 0.1) is 0 Å². The van der Waals surface area contributed by atoms with E-state index in [0.29, 0.717) is 0 Å². The minimum absolute atomic E-state index is 0.142. The van der Waals surface area contributed by atoms with E-state index in [-0.39, 0.29) is 6.04 Å². The fourth-order valence-corrected chi connectivity index (χ4v) is 2.24. The first-order chi connectivity index (χ1) is 8.21. The lowest BCUT2D eigenvalue weighted by Crippen LogP contribution is -3.10. The molecule has 1 heterocycles. The smallest absolute Gasteiger partial charge is 0.376 e. The summed E-state index contributed by atoms with van der Waals surface area (Å²) < 4.78 is 36.4. The molecule has 0 aliphatic carbocycles. The molecule has 1 aliphatic rings. The summed E-state index contributed by atoms with van der Waals surface area (Å²) in [6.45, 7) is 1.93. The Morgan fingerprint density at radius 3 is 2.33 bits per heavy atom. The third-order valence-corrected chi connectivity index (χ3v) is 3.45. The number of Topliss-reactive ketones (excluding diaryl/α,β-unsaturated/α-hetero) is 1. The number of nitrogens with zero attached hydrogens (tertiary/aromatic N) is 1. The maximum Gasteiger partial charge on any atom is 0.455 e. The van der Waals surface area contributed by atoms with Gasteiger partial charge in [0.15, 0.2) is 0 Å². The van der Waals surface area contributed by atoms with Gasteiger partial charge in [0.25, 0.3) is 5.78 Å². The predicted molar refractivity (Wildman–Crippen MR) is 62.4 cm³/mol. The second kappa shape index (κ2) is 5.93. The molecule has 0 atom stereocenters. The van der Waals surface area contributed by atoms with Crippen molar-refractivity contribution in [1.82, 2.24) is 4.90 Å². The Balaban J connectivity index is 2.62. The second-order valence-electron chi connectivity index (χ2n) is 4.66. The van der Waals surface area contributed by atoms with Crippen LogP contribution in [-0.4, -0.2) is 50.1 Å². The molecule has 1 saturated heterocycles. The van der Waals surface area contributed by atoms with Crippen LogP contribution in [0.3, 0.4) is 0 Å². The number of carbonyl (C=O) groups excluding carboxylic acids is 1. The van der Waals surface area contributed by atoms with Gasteiger partial charge in [-0.3, -0.25) is 4.79 Å². The molecule has 0 aromatic carbocycles. The van der Waals surface area contributed by atoms with Gasteiger partial charge in [0.05, 0.1) is 20.1 Å². The fourth-order valence-electron chi connectivity index (χ4n) is 1.98. The lowest BCUT2D eigenvalue weighted by Gasteiger charge is -2.32. The van der Waals surface area contributed by atoms with Crippen LogP contribution < -0.4 is 4.90 Å². The summed E-state index contributed by atoms with van der Waals surface area (Å²) in [4.78, 5) is 13.9. The maximum absolute atomic E-state index is 12.1. The summed E-state index contributed by atoms with van der Waals surface area (Å²) in [7, 11) is 3.73. The van der Waals surface area contributed by atoms with E-state index in [1.165, 1.54) is 4.90 Å². The van der Waals surface area contributed by atoms with Crippen molar-refractivity contribution in [2.75, 3.05) is 27.2 Å². The molecular formula is C11H17ClF3N2O+. The molecule has 18 heavy (non-hydrogen) atoms. The Labute approximate surface area is 109 Å². The Morgan fingerprint density at radius 2 is 1.89 bits per heavy atom. The van der Waals surface area contributed by atoms with E-state index in [1.54, 1.807) is 11.9 Å².